The Morgan fingerprint density at radius 2 is 1.85 bits per heavy atom. The third-order valence-electron chi connectivity index (χ3n) is 7.18. The van der Waals surface area contributed by atoms with Gasteiger partial charge in [-0.25, -0.2) is 4.79 Å². The molecule has 0 spiro atoms. The number of H-pyrrole nitrogens is 1. The molecule has 2 heterocycles. The van der Waals surface area contributed by atoms with Gasteiger partial charge in [-0.05, 0) is 46.0 Å². The van der Waals surface area contributed by atoms with Gasteiger partial charge in [0.2, 0.25) is 5.60 Å². The number of aliphatic hydroxyl groups excluding tert-OH is 1. The maximum absolute atomic E-state index is 13.7. The second-order valence-electron chi connectivity index (χ2n) is 10.2. The number of halogens is 1. The quantitative estimate of drug-likeness (QED) is 0.0930. The van der Waals surface area contributed by atoms with E-state index in [4.69, 9.17) is 30.4 Å². The van der Waals surface area contributed by atoms with Crippen molar-refractivity contribution in [1.82, 2.24) is 14.4 Å². The largest absolute Gasteiger partial charge is 0.653 e. The van der Waals surface area contributed by atoms with Gasteiger partial charge in [0, 0.05) is 23.0 Å². The number of benzene rings is 3. The zero-order valence-corrected chi connectivity index (χ0v) is 25.8. The summed E-state index contributed by atoms with van der Waals surface area (Å²) in [5.41, 5.74) is -3.35. The van der Waals surface area contributed by atoms with Crippen LogP contribution in [0.5, 0.6) is 5.75 Å². The van der Waals surface area contributed by atoms with Gasteiger partial charge in [-0.3, -0.25) is 19.1 Å². The SMILES string of the molecule is CC(C(=O)OCc1ccccc1)N(Oc1cccc2ccccc12)[P+](=O)OCC1OC(n2ccc(=O)[nH]c2=O)C(O)(C#CCl)C1O. The van der Waals surface area contributed by atoms with Crippen molar-refractivity contribution in [3.8, 4) is 17.0 Å². The molecular formula is C31H28ClN3O10P+. The van der Waals surface area contributed by atoms with Gasteiger partial charge >= 0.3 is 19.8 Å². The number of hydrogen-bond donors (Lipinski definition) is 3. The Morgan fingerprint density at radius 1 is 1.13 bits per heavy atom. The molecule has 0 aliphatic carbocycles. The molecule has 0 amide bonds. The Morgan fingerprint density at radius 3 is 2.59 bits per heavy atom. The molecule has 4 aromatic rings. The summed E-state index contributed by atoms with van der Waals surface area (Å²) >= 11 is 5.54. The predicted octanol–water partition coefficient (Wildman–Crippen LogP) is 2.98. The van der Waals surface area contributed by atoms with E-state index in [-0.39, 0.29) is 12.4 Å². The van der Waals surface area contributed by atoms with Crippen LogP contribution >= 0.6 is 19.8 Å². The molecule has 1 aliphatic heterocycles. The lowest BCUT2D eigenvalue weighted by atomic mass is 9.95. The zero-order valence-electron chi connectivity index (χ0n) is 24.2. The summed E-state index contributed by atoms with van der Waals surface area (Å²) < 4.78 is 31.2. The third-order valence-corrected chi connectivity index (χ3v) is 8.40. The first kappa shape index (κ1) is 33.0. The Bertz CT molecular complexity index is 1900. The fourth-order valence-corrected chi connectivity index (χ4v) is 5.84. The summed E-state index contributed by atoms with van der Waals surface area (Å²) in [6.07, 6.45) is -3.83. The number of aliphatic hydroxyl groups is 2. The average Bonchev–Trinajstić information content (AvgIpc) is 3.30. The number of esters is 1. The van der Waals surface area contributed by atoms with Crippen LogP contribution in [0.2, 0.25) is 0 Å². The highest BCUT2D eigenvalue weighted by molar-refractivity contribution is 7.36. The van der Waals surface area contributed by atoms with Crippen LogP contribution < -0.4 is 16.1 Å². The molecule has 1 aliphatic rings. The number of carbonyl (C=O) groups excluding carboxylic acids is 1. The minimum absolute atomic E-state index is 0.0441. The fourth-order valence-electron chi connectivity index (χ4n) is 4.77. The van der Waals surface area contributed by atoms with Crippen molar-refractivity contribution in [3.63, 3.8) is 0 Å². The molecule has 0 radical (unpaired) electrons. The molecule has 238 valence electrons. The van der Waals surface area contributed by atoms with Crippen molar-refractivity contribution in [2.45, 2.75) is 43.6 Å². The third kappa shape index (κ3) is 7.04. The normalized spacial score (nSPS) is 21.8. The highest BCUT2D eigenvalue weighted by Crippen LogP contribution is 2.41. The van der Waals surface area contributed by atoms with Crippen molar-refractivity contribution in [3.05, 3.63) is 111 Å². The summed E-state index contributed by atoms with van der Waals surface area (Å²) in [5.74, 6) is 1.74. The minimum atomic E-state index is -3.00. The van der Waals surface area contributed by atoms with E-state index in [0.717, 1.165) is 32.6 Å². The molecule has 3 N–H and O–H groups in total. The first-order valence-electron chi connectivity index (χ1n) is 13.9. The maximum atomic E-state index is 13.7. The second-order valence-corrected chi connectivity index (χ2v) is 11.5. The number of carbonyl (C=O) groups is 1. The topological polar surface area (TPSA) is 170 Å². The standard InChI is InChI=1S/C31H27ClN3O10P/c1-20(28(38)42-18-21-8-3-2-4-9-21)35(45-24-13-7-11-22-10-5-6-12-23(22)24)46(41)43-19-25-27(37)31(40,15-16-32)29(44-25)34-17-14-26(36)33-30(34)39/h2-14,17,20,25,27,29,37,40H,18-19H2,1H3/p+1. The molecule has 15 heteroatoms. The van der Waals surface area contributed by atoms with Gasteiger partial charge in [0.05, 0.1) is 0 Å². The van der Waals surface area contributed by atoms with Crippen LogP contribution in [-0.2, 0) is 30.0 Å². The molecule has 1 fully saturated rings. The van der Waals surface area contributed by atoms with Crippen LogP contribution in [-0.4, -0.2) is 61.0 Å². The number of rotatable bonds is 11. The fraction of sp³-hybridized carbons (Fsp3) is 0.258. The molecule has 6 atom stereocenters. The molecule has 1 saturated heterocycles. The van der Waals surface area contributed by atoms with E-state index in [9.17, 15) is 29.2 Å². The highest BCUT2D eigenvalue weighted by Gasteiger charge is 2.57. The molecule has 13 nitrogen and oxygen atoms in total. The van der Waals surface area contributed by atoms with E-state index in [1.54, 1.807) is 48.5 Å². The molecule has 0 saturated carbocycles. The van der Waals surface area contributed by atoms with Gasteiger partial charge in [0.25, 0.3) is 5.56 Å². The van der Waals surface area contributed by atoms with Gasteiger partial charge < -0.3 is 24.5 Å². The summed E-state index contributed by atoms with van der Waals surface area (Å²) in [6.45, 7) is 0.749. The minimum Gasteiger partial charge on any atom is -0.459 e. The Kier molecular flexibility index (Phi) is 10.3. The molecule has 5 rings (SSSR count). The van der Waals surface area contributed by atoms with Crippen LogP contribution in [0.3, 0.4) is 0 Å². The van der Waals surface area contributed by atoms with Crippen molar-refractivity contribution < 1.29 is 38.4 Å². The Hall–Kier alpha value is -4.38. The Balaban J connectivity index is 1.37. The number of nitrogens with zero attached hydrogens (tertiary/aromatic N) is 2. The Labute approximate surface area is 267 Å². The number of ether oxygens (including phenoxy) is 2. The van der Waals surface area contributed by atoms with Crippen LogP contribution in [0.15, 0.2) is 94.6 Å². The van der Waals surface area contributed by atoms with E-state index in [1.807, 2.05) is 34.6 Å². The summed E-state index contributed by atoms with van der Waals surface area (Å²) in [4.78, 5) is 46.0. The number of aromatic amines is 1. The predicted molar refractivity (Wildman–Crippen MR) is 165 cm³/mol. The lowest BCUT2D eigenvalue weighted by Crippen LogP contribution is -2.48. The number of aromatic nitrogens is 2. The van der Waals surface area contributed by atoms with E-state index in [2.05, 4.69) is 5.92 Å². The molecule has 3 aromatic carbocycles. The van der Waals surface area contributed by atoms with Gasteiger partial charge in [-0.2, -0.15) is 0 Å². The lowest BCUT2D eigenvalue weighted by Gasteiger charge is -2.26. The van der Waals surface area contributed by atoms with Gasteiger partial charge in [0.15, 0.2) is 18.0 Å². The van der Waals surface area contributed by atoms with Crippen molar-refractivity contribution in [2.75, 3.05) is 6.61 Å². The zero-order chi connectivity index (χ0) is 32.8. The molecule has 46 heavy (non-hydrogen) atoms. The highest BCUT2D eigenvalue weighted by atomic mass is 35.5. The van der Waals surface area contributed by atoms with Crippen LogP contribution in [0.25, 0.3) is 10.8 Å². The monoisotopic (exact) mass is 668 g/mol. The van der Waals surface area contributed by atoms with Crippen molar-refractivity contribution in [2.24, 2.45) is 0 Å². The first-order valence-corrected chi connectivity index (χ1v) is 15.4. The number of fused-ring (bicyclic) bond motifs is 1. The number of hydrogen-bond acceptors (Lipinski definition) is 10. The summed E-state index contributed by atoms with van der Waals surface area (Å²) in [5, 5.41) is 25.6. The maximum Gasteiger partial charge on any atom is 0.653 e. The van der Waals surface area contributed by atoms with E-state index < -0.39 is 62.1 Å². The van der Waals surface area contributed by atoms with Crippen LogP contribution in [0, 0.1) is 11.3 Å². The molecular weight excluding hydrogens is 641 g/mol. The van der Waals surface area contributed by atoms with Crippen LogP contribution in [0.1, 0.15) is 18.7 Å². The summed E-state index contributed by atoms with van der Waals surface area (Å²) in [6, 6.07) is 21.2. The van der Waals surface area contributed by atoms with Gasteiger partial charge in [-0.1, -0.05) is 66.7 Å². The molecule has 0 bridgehead atoms. The smallest absolute Gasteiger partial charge is 0.459 e. The van der Waals surface area contributed by atoms with Crippen molar-refractivity contribution >= 4 is 36.5 Å². The van der Waals surface area contributed by atoms with E-state index >= 15 is 0 Å². The second kappa shape index (κ2) is 14.4. The summed E-state index contributed by atoms with van der Waals surface area (Å²) in [7, 11) is -3.00. The first-order chi connectivity index (χ1) is 22.1. The average molecular weight is 669 g/mol. The van der Waals surface area contributed by atoms with Gasteiger partial charge in [0.1, 0.15) is 30.3 Å². The molecule has 6 unspecified atom stereocenters. The van der Waals surface area contributed by atoms with Gasteiger partial charge in [-0.15, -0.1) is 4.52 Å². The molecule has 1 aromatic heterocycles. The van der Waals surface area contributed by atoms with Crippen molar-refractivity contribution in [1.29, 1.82) is 0 Å². The van der Waals surface area contributed by atoms with E-state index in [0.29, 0.717) is 5.39 Å². The number of hydroxylamine groups is 1. The number of nitrogens with one attached hydrogen (secondary N) is 1. The lowest BCUT2D eigenvalue weighted by molar-refractivity contribution is -0.156. The van der Waals surface area contributed by atoms with E-state index in [1.165, 1.54) is 6.92 Å². The van der Waals surface area contributed by atoms with Crippen LogP contribution in [0.4, 0.5) is 0 Å².